The highest BCUT2D eigenvalue weighted by Gasteiger charge is 2.18. The molecule has 2 heterocycles. The fraction of sp³-hybridized carbons (Fsp3) is 0.357. The molecule has 1 aliphatic rings. The fourth-order valence-electron chi connectivity index (χ4n) is 2.32. The molecule has 0 radical (unpaired) electrons. The normalized spacial score (nSPS) is 14.8. The molecule has 0 bridgehead atoms. The molecule has 0 N–H and O–H groups in total. The molecule has 98 valence electrons. The van der Waals surface area contributed by atoms with Gasteiger partial charge in [-0.25, -0.2) is 4.68 Å². The monoisotopic (exact) mass is 256 g/mol. The highest BCUT2D eigenvalue weighted by Crippen LogP contribution is 2.15. The molecule has 1 saturated heterocycles. The molecule has 0 atom stereocenters. The van der Waals surface area contributed by atoms with Crippen LogP contribution in [0.25, 0.3) is 11.3 Å². The number of carbonyl (C=O) groups is 1. The second-order valence-corrected chi connectivity index (χ2v) is 4.76. The van der Waals surface area contributed by atoms with Crippen LogP contribution in [0.15, 0.2) is 36.5 Å². The molecular weight excluding hydrogens is 240 g/mol. The van der Waals surface area contributed by atoms with Crippen LogP contribution in [0.5, 0.6) is 0 Å². The number of benzene rings is 1. The Kier molecular flexibility index (Phi) is 3.27. The lowest BCUT2D eigenvalue weighted by atomic mass is 10.2. The van der Waals surface area contributed by atoms with Crippen molar-refractivity contribution in [3.8, 4) is 11.3 Å². The predicted molar refractivity (Wildman–Crippen MR) is 71.3 cm³/mol. The minimum absolute atomic E-state index is 0.127. The van der Waals surface area contributed by atoms with Gasteiger partial charge in [0.1, 0.15) is 12.2 Å². The van der Waals surface area contributed by atoms with Crippen molar-refractivity contribution in [2.45, 2.75) is 19.4 Å². The fourth-order valence-corrected chi connectivity index (χ4v) is 2.32. The largest absolute Gasteiger partial charge is 0.341 e. The lowest BCUT2D eigenvalue weighted by Gasteiger charge is -2.14. The maximum absolute atomic E-state index is 12.0. The Bertz CT molecular complexity index is 558. The predicted octanol–water partition coefficient (Wildman–Crippen LogP) is 1.57. The average molecular weight is 256 g/mol. The number of nitrogens with zero attached hydrogens (tertiary/aromatic N) is 4. The van der Waals surface area contributed by atoms with E-state index in [-0.39, 0.29) is 12.5 Å². The Morgan fingerprint density at radius 3 is 2.63 bits per heavy atom. The Balaban J connectivity index is 1.70. The molecule has 19 heavy (non-hydrogen) atoms. The lowest BCUT2D eigenvalue weighted by molar-refractivity contribution is -0.130. The molecule has 5 nitrogen and oxygen atoms in total. The topological polar surface area (TPSA) is 51.0 Å². The molecule has 1 aliphatic heterocycles. The van der Waals surface area contributed by atoms with Crippen LogP contribution in [0.1, 0.15) is 12.8 Å². The maximum Gasteiger partial charge on any atom is 0.244 e. The Hall–Kier alpha value is -2.17. The second-order valence-electron chi connectivity index (χ2n) is 4.76. The SMILES string of the molecule is O=C(Cn1cc(-c2ccccc2)nn1)N1CCCC1. The number of likely N-dealkylation sites (tertiary alicyclic amines) is 1. The molecule has 2 aromatic rings. The number of hydrogen-bond donors (Lipinski definition) is 0. The number of aromatic nitrogens is 3. The summed E-state index contributed by atoms with van der Waals surface area (Å²) in [5.74, 6) is 0.127. The third kappa shape index (κ3) is 2.65. The van der Waals surface area contributed by atoms with Crippen molar-refractivity contribution < 1.29 is 4.79 Å². The van der Waals surface area contributed by atoms with E-state index in [1.165, 1.54) is 0 Å². The maximum atomic E-state index is 12.0. The third-order valence-corrected chi connectivity index (χ3v) is 3.36. The Morgan fingerprint density at radius 2 is 1.89 bits per heavy atom. The van der Waals surface area contributed by atoms with Crippen LogP contribution in [0.3, 0.4) is 0 Å². The minimum Gasteiger partial charge on any atom is -0.341 e. The van der Waals surface area contributed by atoms with E-state index in [1.54, 1.807) is 4.68 Å². The van der Waals surface area contributed by atoms with E-state index in [4.69, 9.17) is 0 Å². The lowest BCUT2D eigenvalue weighted by Crippen LogP contribution is -2.31. The molecule has 1 aromatic heterocycles. The van der Waals surface area contributed by atoms with Crippen molar-refractivity contribution in [3.63, 3.8) is 0 Å². The van der Waals surface area contributed by atoms with Gasteiger partial charge in [-0.2, -0.15) is 0 Å². The molecule has 1 fully saturated rings. The first-order chi connectivity index (χ1) is 9.33. The third-order valence-electron chi connectivity index (χ3n) is 3.36. The zero-order valence-corrected chi connectivity index (χ0v) is 10.7. The van der Waals surface area contributed by atoms with Crippen LogP contribution in [0.4, 0.5) is 0 Å². The Morgan fingerprint density at radius 1 is 1.16 bits per heavy atom. The highest BCUT2D eigenvalue weighted by atomic mass is 16.2. The summed E-state index contributed by atoms with van der Waals surface area (Å²) in [7, 11) is 0. The zero-order valence-electron chi connectivity index (χ0n) is 10.7. The summed E-state index contributed by atoms with van der Waals surface area (Å²) in [4.78, 5) is 13.9. The summed E-state index contributed by atoms with van der Waals surface area (Å²) in [6.07, 6.45) is 4.04. The van der Waals surface area contributed by atoms with Crippen LogP contribution >= 0.6 is 0 Å². The highest BCUT2D eigenvalue weighted by molar-refractivity contribution is 5.76. The summed E-state index contributed by atoms with van der Waals surface area (Å²) < 4.78 is 1.61. The standard InChI is InChI=1S/C14H16N4O/c19-14(17-8-4-5-9-17)11-18-10-13(15-16-18)12-6-2-1-3-7-12/h1-3,6-7,10H,4-5,8-9,11H2. The molecular formula is C14H16N4O. The van der Waals surface area contributed by atoms with Gasteiger partial charge in [0, 0.05) is 18.7 Å². The van der Waals surface area contributed by atoms with Gasteiger partial charge >= 0.3 is 0 Å². The molecule has 3 rings (SSSR count). The van der Waals surface area contributed by atoms with E-state index in [1.807, 2.05) is 41.4 Å². The van der Waals surface area contributed by atoms with Gasteiger partial charge in [-0.05, 0) is 12.8 Å². The van der Waals surface area contributed by atoms with Crippen LogP contribution < -0.4 is 0 Å². The van der Waals surface area contributed by atoms with Gasteiger partial charge in [0.15, 0.2) is 0 Å². The molecule has 5 heteroatoms. The number of carbonyl (C=O) groups excluding carboxylic acids is 1. The summed E-state index contributed by atoms with van der Waals surface area (Å²) in [6.45, 7) is 2.03. The Labute approximate surface area is 111 Å². The van der Waals surface area contributed by atoms with Gasteiger partial charge in [0.05, 0.1) is 6.20 Å². The molecule has 0 saturated carbocycles. The van der Waals surface area contributed by atoms with Gasteiger partial charge in [-0.15, -0.1) is 5.10 Å². The van der Waals surface area contributed by atoms with Crippen molar-refractivity contribution in [1.29, 1.82) is 0 Å². The zero-order chi connectivity index (χ0) is 13.1. The van der Waals surface area contributed by atoms with Crippen LogP contribution in [0, 0.1) is 0 Å². The van der Waals surface area contributed by atoms with E-state index in [9.17, 15) is 4.79 Å². The van der Waals surface area contributed by atoms with Crippen molar-refractivity contribution in [1.82, 2.24) is 19.9 Å². The summed E-state index contributed by atoms with van der Waals surface area (Å²) >= 11 is 0. The average Bonchev–Trinajstić information content (AvgIpc) is 3.11. The minimum atomic E-state index is 0.127. The number of rotatable bonds is 3. The number of amides is 1. The van der Waals surface area contributed by atoms with E-state index < -0.39 is 0 Å². The van der Waals surface area contributed by atoms with Gasteiger partial charge < -0.3 is 4.90 Å². The smallest absolute Gasteiger partial charge is 0.244 e. The van der Waals surface area contributed by atoms with Crippen LogP contribution in [-0.2, 0) is 11.3 Å². The van der Waals surface area contributed by atoms with E-state index in [0.29, 0.717) is 0 Å². The van der Waals surface area contributed by atoms with Crippen molar-refractivity contribution in [2.24, 2.45) is 0 Å². The van der Waals surface area contributed by atoms with Crippen molar-refractivity contribution in [3.05, 3.63) is 36.5 Å². The van der Waals surface area contributed by atoms with Gasteiger partial charge in [-0.3, -0.25) is 4.79 Å². The molecule has 0 unspecified atom stereocenters. The second kappa shape index (κ2) is 5.22. The first kappa shape index (κ1) is 11.9. The van der Waals surface area contributed by atoms with E-state index in [0.717, 1.165) is 37.2 Å². The van der Waals surface area contributed by atoms with Crippen molar-refractivity contribution >= 4 is 5.91 Å². The van der Waals surface area contributed by atoms with Crippen molar-refractivity contribution in [2.75, 3.05) is 13.1 Å². The van der Waals surface area contributed by atoms with Gasteiger partial charge in [0.25, 0.3) is 0 Å². The van der Waals surface area contributed by atoms with Gasteiger partial charge in [-0.1, -0.05) is 35.5 Å². The summed E-state index contributed by atoms with van der Waals surface area (Å²) in [6, 6.07) is 9.85. The molecule has 0 spiro atoms. The molecule has 1 aromatic carbocycles. The first-order valence-electron chi connectivity index (χ1n) is 6.56. The van der Waals surface area contributed by atoms with Crippen LogP contribution in [0.2, 0.25) is 0 Å². The van der Waals surface area contributed by atoms with E-state index in [2.05, 4.69) is 10.3 Å². The summed E-state index contributed by atoms with van der Waals surface area (Å²) in [5, 5.41) is 8.13. The van der Waals surface area contributed by atoms with E-state index >= 15 is 0 Å². The molecule has 0 aliphatic carbocycles. The van der Waals surface area contributed by atoms with Crippen LogP contribution in [-0.4, -0.2) is 38.9 Å². The number of hydrogen-bond acceptors (Lipinski definition) is 3. The first-order valence-corrected chi connectivity index (χ1v) is 6.56. The quantitative estimate of drug-likeness (QED) is 0.837. The molecule has 1 amide bonds. The summed E-state index contributed by atoms with van der Waals surface area (Å²) in [5.41, 5.74) is 1.82. The van der Waals surface area contributed by atoms with Gasteiger partial charge in [0.2, 0.25) is 5.91 Å².